The summed E-state index contributed by atoms with van der Waals surface area (Å²) in [6.07, 6.45) is 1.84. The van der Waals surface area contributed by atoms with Crippen molar-refractivity contribution in [1.29, 1.82) is 0 Å². The fourth-order valence-corrected chi connectivity index (χ4v) is 4.62. The second-order valence-corrected chi connectivity index (χ2v) is 9.73. The first-order valence-corrected chi connectivity index (χ1v) is 13.5. The van der Waals surface area contributed by atoms with E-state index in [1.807, 2.05) is 84.9 Å². The first kappa shape index (κ1) is 28.6. The number of halogens is 1. The maximum absolute atomic E-state index is 13.7. The largest absolute Gasteiger partial charge is 0.497 e. The van der Waals surface area contributed by atoms with Crippen molar-refractivity contribution in [3.63, 3.8) is 0 Å². The molecule has 1 N–H and O–H groups in total. The van der Waals surface area contributed by atoms with E-state index in [2.05, 4.69) is 5.32 Å². The van der Waals surface area contributed by atoms with E-state index in [0.717, 1.165) is 28.0 Å². The molecule has 4 aromatic carbocycles. The summed E-state index contributed by atoms with van der Waals surface area (Å²) in [7, 11) is 1.63. The predicted octanol–water partition coefficient (Wildman–Crippen LogP) is 5.77. The lowest BCUT2D eigenvalue weighted by Gasteiger charge is -2.31. The number of hydrogen-bond donors (Lipinski definition) is 1. The third kappa shape index (κ3) is 8.53. The van der Waals surface area contributed by atoms with E-state index < -0.39 is 6.04 Å². The number of methoxy groups -OCH3 is 1. The van der Waals surface area contributed by atoms with Crippen molar-refractivity contribution in [2.24, 2.45) is 0 Å². The molecule has 4 aromatic rings. The van der Waals surface area contributed by atoms with Gasteiger partial charge in [-0.05, 0) is 59.4 Å². The van der Waals surface area contributed by atoms with Gasteiger partial charge in [0.05, 0.1) is 7.11 Å². The number of carbonyl (C=O) groups excluding carboxylic acids is 2. The van der Waals surface area contributed by atoms with Gasteiger partial charge in [-0.15, -0.1) is 0 Å². The molecule has 1 atom stereocenters. The van der Waals surface area contributed by atoms with Crippen LogP contribution in [0.1, 0.15) is 28.7 Å². The Morgan fingerprint density at radius 2 is 1.32 bits per heavy atom. The number of nitrogens with one attached hydrogen (secondary N) is 1. The van der Waals surface area contributed by atoms with Gasteiger partial charge < -0.3 is 15.0 Å². The Morgan fingerprint density at radius 3 is 1.95 bits per heavy atom. The quantitative estimate of drug-likeness (QED) is 0.235. The van der Waals surface area contributed by atoms with E-state index in [1.165, 1.54) is 12.1 Å². The molecule has 0 saturated carbocycles. The third-order valence-corrected chi connectivity index (χ3v) is 6.88. The van der Waals surface area contributed by atoms with Crippen molar-refractivity contribution in [2.75, 3.05) is 13.7 Å². The van der Waals surface area contributed by atoms with Crippen molar-refractivity contribution in [1.82, 2.24) is 10.2 Å². The number of carbonyl (C=O) groups is 2. The Kier molecular flexibility index (Phi) is 10.4. The Morgan fingerprint density at radius 1 is 0.750 bits per heavy atom. The lowest BCUT2D eigenvalue weighted by Crippen LogP contribution is -2.50. The van der Waals surface area contributed by atoms with Gasteiger partial charge in [0.1, 0.15) is 17.6 Å². The van der Waals surface area contributed by atoms with Crippen molar-refractivity contribution in [3.05, 3.63) is 137 Å². The number of rotatable bonds is 13. The molecule has 6 heteroatoms. The maximum Gasteiger partial charge on any atom is 0.243 e. The van der Waals surface area contributed by atoms with Crippen LogP contribution in [0.15, 0.2) is 109 Å². The monoisotopic (exact) mass is 538 g/mol. The van der Waals surface area contributed by atoms with Crippen LogP contribution in [-0.2, 0) is 35.4 Å². The molecule has 0 saturated heterocycles. The summed E-state index contributed by atoms with van der Waals surface area (Å²) in [6.45, 7) is 0.635. The minimum Gasteiger partial charge on any atom is -0.497 e. The molecule has 5 nitrogen and oxygen atoms in total. The lowest BCUT2D eigenvalue weighted by molar-refractivity contribution is -0.141. The number of ether oxygens (including phenoxy) is 1. The molecular weight excluding hydrogens is 503 g/mol. The molecule has 0 aliphatic rings. The summed E-state index contributed by atoms with van der Waals surface area (Å²) >= 11 is 0. The van der Waals surface area contributed by atoms with Gasteiger partial charge in [0.15, 0.2) is 0 Å². The Balaban J connectivity index is 1.54. The van der Waals surface area contributed by atoms with Gasteiger partial charge in [0.25, 0.3) is 0 Å². The third-order valence-electron chi connectivity index (χ3n) is 6.88. The molecule has 0 bridgehead atoms. The van der Waals surface area contributed by atoms with Crippen molar-refractivity contribution in [2.45, 2.75) is 38.3 Å². The molecule has 40 heavy (non-hydrogen) atoms. The van der Waals surface area contributed by atoms with Crippen molar-refractivity contribution >= 4 is 11.8 Å². The number of hydrogen-bond acceptors (Lipinski definition) is 3. The summed E-state index contributed by atoms with van der Waals surface area (Å²) in [6, 6.07) is 32.6. The highest BCUT2D eigenvalue weighted by Crippen LogP contribution is 2.18. The van der Waals surface area contributed by atoms with Crippen molar-refractivity contribution in [3.8, 4) is 5.75 Å². The number of amides is 2. The molecular formula is C34H35FN2O3. The molecule has 2 amide bonds. The Hall–Kier alpha value is -4.45. The fourth-order valence-electron chi connectivity index (χ4n) is 4.62. The van der Waals surface area contributed by atoms with E-state index in [9.17, 15) is 14.0 Å². The van der Waals surface area contributed by atoms with Crippen LogP contribution in [0.4, 0.5) is 4.39 Å². The zero-order valence-corrected chi connectivity index (χ0v) is 22.8. The van der Waals surface area contributed by atoms with Gasteiger partial charge in [0.2, 0.25) is 11.8 Å². The first-order valence-electron chi connectivity index (χ1n) is 13.5. The smallest absolute Gasteiger partial charge is 0.243 e. The first-order chi connectivity index (χ1) is 19.5. The van der Waals surface area contributed by atoms with Crippen LogP contribution in [0.3, 0.4) is 0 Å². The Bertz CT molecular complexity index is 1340. The molecule has 206 valence electrons. The highest BCUT2D eigenvalue weighted by molar-refractivity contribution is 5.88. The number of nitrogens with zero attached hydrogens (tertiary/aromatic N) is 1. The molecule has 0 fully saturated rings. The normalized spacial score (nSPS) is 11.4. The molecule has 4 rings (SSSR count). The van der Waals surface area contributed by atoms with Crippen LogP contribution in [0, 0.1) is 5.82 Å². The highest BCUT2D eigenvalue weighted by Gasteiger charge is 2.30. The minimum atomic E-state index is -0.730. The summed E-state index contributed by atoms with van der Waals surface area (Å²) in [5, 5.41) is 3.06. The topological polar surface area (TPSA) is 58.6 Å². The minimum absolute atomic E-state index is 0.126. The SMILES string of the molecule is COc1ccc(CCNC(=O)[C@@H](Cc2ccccc2)N(Cc2ccc(F)cc2)C(=O)CCc2ccccc2)cc1. The van der Waals surface area contributed by atoms with Gasteiger partial charge in [-0.2, -0.15) is 0 Å². The van der Waals surface area contributed by atoms with Crippen LogP contribution in [-0.4, -0.2) is 36.4 Å². The van der Waals surface area contributed by atoms with Gasteiger partial charge in [0, 0.05) is 25.9 Å². The fraction of sp³-hybridized carbons (Fsp3) is 0.235. The van der Waals surface area contributed by atoms with Crippen molar-refractivity contribution < 1.29 is 18.7 Å². The molecule has 0 radical (unpaired) electrons. The van der Waals surface area contributed by atoms with Crippen LogP contribution in [0.25, 0.3) is 0 Å². The second kappa shape index (κ2) is 14.6. The van der Waals surface area contributed by atoms with E-state index in [0.29, 0.717) is 25.8 Å². The zero-order valence-electron chi connectivity index (χ0n) is 22.8. The summed E-state index contributed by atoms with van der Waals surface area (Å²) in [4.78, 5) is 29.1. The highest BCUT2D eigenvalue weighted by atomic mass is 19.1. The molecule has 0 aliphatic carbocycles. The van der Waals surface area contributed by atoms with Gasteiger partial charge in [-0.3, -0.25) is 9.59 Å². The average Bonchev–Trinajstić information content (AvgIpc) is 3.00. The maximum atomic E-state index is 13.7. The zero-order chi connectivity index (χ0) is 28.2. The number of benzene rings is 4. The second-order valence-electron chi connectivity index (χ2n) is 9.73. The predicted molar refractivity (Wildman–Crippen MR) is 155 cm³/mol. The Labute approximate surface area is 235 Å². The van der Waals surface area contributed by atoms with Gasteiger partial charge in [-0.1, -0.05) is 84.9 Å². The molecule has 0 aliphatic heterocycles. The number of aryl methyl sites for hydroxylation is 1. The van der Waals surface area contributed by atoms with E-state index >= 15 is 0 Å². The summed E-state index contributed by atoms with van der Waals surface area (Å²) in [5.74, 6) is 0.0935. The van der Waals surface area contributed by atoms with Crippen LogP contribution in [0.5, 0.6) is 5.75 Å². The standard InChI is InChI=1S/C34H35FN2O3/c1-40-31-19-14-27(15-20-31)22-23-36-34(39)32(24-28-10-6-3-7-11-28)37(25-29-12-17-30(35)18-13-29)33(38)21-16-26-8-4-2-5-9-26/h2-15,17-20,32H,16,21-25H2,1H3,(H,36,39)/t32-/m1/s1. The summed E-state index contributed by atoms with van der Waals surface area (Å²) in [5.41, 5.74) is 3.85. The van der Waals surface area contributed by atoms with Gasteiger partial charge in [-0.25, -0.2) is 4.39 Å². The van der Waals surface area contributed by atoms with Crippen LogP contribution < -0.4 is 10.1 Å². The molecule has 0 unspecified atom stereocenters. The molecule has 0 heterocycles. The van der Waals surface area contributed by atoms with Gasteiger partial charge >= 0.3 is 0 Å². The molecule has 0 aromatic heterocycles. The van der Waals surface area contributed by atoms with E-state index in [1.54, 1.807) is 24.1 Å². The average molecular weight is 539 g/mol. The lowest BCUT2D eigenvalue weighted by atomic mass is 10.0. The van der Waals surface area contributed by atoms with Crippen LogP contribution >= 0.6 is 0 Å². The van der Waals surface area contributed by atoms with Crippen LogP contribution in [0.2, 0.25) is 0 Å². The van der Waals surface area contributed by atoms with E-state index in [4.69, 9.17) is 4.74 Å². The summed E-state index contributed by atoms with van der Waals surface area (Å²) < 4.78 is 18.9. The molecule has 0 spiro atoms. The van der Waals surface area contributed by atoms with E-state index in [-0.39, 0.29) is 30.6 Å².